The summed E-state index contributed by atoms with van der Waals surface area (Å²) >= 11 is 0. The van der Waals surface area contributed by atoms with E-state index in [0.717, 1.165) is 6.07 Å². The number of rotatable bonds is 2. The highest BCUT2D eigenvalue weighted by molar-refractivity contribution is 7.91. The van der Waals surface area contributed by atoms with Crippen molar-refractivity contribution in [2.75, 3.05) is 17.2 Å². The van der Waals surface area contributed by atoms with Crippen LogP contribution in [0.15, 0.2) is 12.1 Å². The molecule has 0 amide bonds. The predicted molar refractivity (Wildman–Crippen MR) is 68.0 cm³/mol. The summed E-state index contributed by atoms with van der Waals surface area (Å²) in [5.41, 5.74) is 5.98. The maximum atomic E-state index is 13.5. The monoisotopic (exact) mass is 287 g/mol. The smallest absolute Gasteiger partial charge is 0.338 e. The van der Waals surface area contributed by atoms with Crippen molar-refractivity contribution in [3.63, 3.8) is 0 Å². The van der Waals surface area contributed by atoms with Crippen molar-refractivity contribution >= 4 is 21.5 Å². The van der Waals surface area contributed by atoms with E-state index in [9.17, 15) is 17.6 Å². The largest absolute Gasteiger partial charge is 0.458 e. The fourth-order valence-corrected chi connectivity index (χ4v) is 3.48. The number of hydrogen-bond donors (Lipinski definition) is 1. The molecule has 1 aromatic carbocycles. The fraction of sp³-hybridized carbons (Fsp3) is 0.417. The number of sulfone groups is 1. The minimum atomic E-state index is -3.12. The lowest BCUT2D eigenvalue weighted by Gasteiger charge is -2.11. The van der Waals surface area contributed by atoms with Gasteiger partial charge in [0.1, 0.15) is 11.9 Å². The molecule has 1 atom stereocenters. The molecule has 1 unspecified atom stereocenters. The zero-order valence-electron chi connectivity index (χ0n) is 10.3. The quantitative estimate of drug-likeness (QED) is 0.649. The van der Waals surface area contributed by atoms with Crippen LogP contribution in [-0.2, 0) is 14.6 Å². The summed E-state index contributed by atoms with van der Waals surface area (Å²) in [5.74, 6) is -1.52. The lowest BCUT2D eigenvalue weighted by atomic mass is 10.1. The van der Waals surface area contributed by atoms with Gasteiger partial charge in [0.2, 0.25) is 0 Å². The molecule has 19 heavy (non-hydrogen) atoms. The first-order valence-corrected chi connectivity index (χ1v) is 7.57. The lowest BCUT2D eigenvalue weighted by molar-refractivity contribution is 0.0356. The number of halogens is 1. The van der Waals surface area contributed by atoms with Gasteiger partial charge in [-0.25, -0.2) is 17.6 Å². The minimum Gasteiger partial charge on any atom is -0.458 e. The van der Waals surface area contributed by atoms with Gasteiger partial charge in [-0.1, -0.05) is 0 Å². The van der Waals surface area contributed by atoms with Gasteiger partial charge in [0.15, 0.2) is 9.84 Å². The molecule has 5 nitrogen and oxygen atoms in total. The Morgan fingerprint density at radius 1 is 1.47 bits per heavy atom. The van der Waals surface area contributed by atoms with Gasteiger partial charge in [-0.05, 0) is 25.5 Å². The second kappa shape index (κ2) is 4.80. The Hall–Kier alpha value is -1.63. The van der Waals surface area contributed by atoms with Crippen molar-refractivity contribution in [3.8, 4) is 0 Å². The van der Waals surface area contributed by atoms with Crippen LogP contribution in [0.5, 0.6) is 0 Å². The van der Waals surface area contributed by atoms with Crippen LogP contribution in [0.4, 0.5) is 10.1 Å². The maximum Gasteiger partial charge on any atom is 0.338 e. The van der Waals surface area contributed by atoms with Gasteiger partial charge in [-0.3, -0.25) is 0 Å². The third kappa shape index (κ3) is 3.04. The first-order chi connectivity index (χ1) is 8.78. The van der Waals surface area contributed by atoms with Crippen LogP contribution in [0, 0.1) is 12.7 Å². The van der Waals surface area contributed by atoms with E-state index in [0.29, 0.717) is 0 Å². The lowest BCUT2D eigenvalue weighted by Crippen LogP contribution is -2.19. The van der Waals surface area contributed by atoms with Gasteiger partial charge < -0.3 is 10.5 Å². The van der Waals surface area contributed by atoms with Crippen molar-refractivity contribution in [2.24, 2.45) is 0 Å². The summed E-state index contributed by atoms with van der Waals surface area (Å²) in [7, 11) is -3.12. The Bertz CT molecular complexity index is 604. The topological polar surface area (TPSA) is 86.5 Å². The Kier molecular flexibility index (Phi) is 3.49. The highest BCUT2D eigenvalue weighted by atomic mass is 32.2. The first kappa shape index (κ1) is 13.8. The average molecular weight is 287 g/mol. The number of hydrogen-bond acceptors (Lipinski definition) is 5. The van der Waals surface area contributed by atoms with E-state index in [4.69, 9.17) is 10.5 Å². The number of carbonyl (C=O) groups excluding carboxylic acids is 1. The number of nitrogens with two attached hydrogens (primary N) is 1. The van der Waals surface area contributed by atoms with E-state index in [1.54, 1.807) is 0 Å². The molecule has 1 aliphatic heterocycles. The van der Waals surface area contributed by atoms with Gasteiger partial charge in [0.25, 0.3) is 0 Å². The Morgan fingerprint density at radius 2 is 2.16 bits per heavy atom. The predicted octanol–water partition coefficient (Wildman–Crippen LogP) is 1.06. The van der Waals surface area contributed by atoms with Gasteiger partial charge in [-0.15, -0.1) is 0 Å². The Balaban J connectivity index is 2.13. The van der Waals surface area contributed by atoms with Crippen LogP contribution in [0.25, 0.3) is 0 Å². The second-order valence-corrected chi connectivity index (χ2v) is 6.83. The van der Waals surface area contributed by atoms with Gasteiger partial charge in [0.05, 0.1) is 17.1 Å². The van der Waals surface area contributed by atoms with Gasteiger partial charge in [-0.2, -0.15) is 0 Å². The van der Waals surface area contributed by atoms with Crippen LogP contribution in [0.2, 0.25) is 0 Å². The molecule has 0 bridgehead atoms. The number of benzene rings is 1. The normalized spacial score (nSPS) is 21.3. The number of esters is 1. The van der Waals surface area contributed by atoms with Crippen LogP contribution in [-0.4, -0.2) is 32.0 Å². The molecule has 1 saturated heterocycles. The second-order valence-electron chi connectivity index (χ2n) is 4.60. The van der Waals surface area contributed by atoms with Crippen LogP contribution in [0.3, 0.4) is 0 Å². The number of ether oxygens (including phenoxy) is 1. The molecule has 0 spiro atoms. The van der Waals surface area contributed by atoms with Crippen LogP contribution in [0.1, 0.15) is 22.3 Å². The molecule has 0 radical (unpaired) electrons. The zero-order valence-corrected chi connectivity index (χ0v) is 11.2. The summed E-state index contributed by atoms with van der Waals surface area (Å²) in [6.07, 6.45) is -0.388. The zero-order chi connectivity index (χ0) is 14.2. The average Bonchev–Trinajstić information content (AvgIpc) is 2.64. The molecule has 2 N–H and O–H groups in total. The van der Waals surface area contributed by atoms with Gasteiger partial charge >= 0.3 is 5.97 Å². The van der Waals surface area contributed by atoms with Crippen molar-refractivity contribution in [3.05, 3.63) is 29.1 Å². The van der Waals surface area contributed by atoms with E-state index in [-0.39, 0.29) is 34.7 Å². The Labute approximate surface area is 110 Å². The summed E-state index contributed by atoms with van der Waals surface area (Å²) in [4.78, 5) is 11.8. The molecule has 1 aliphatic rings. The molecule has 104 valence electrons. The summed E-state index contributed by atoms with van der Waals surface area (Å²) in [5, 5.41) is 0. The SMILES string of the molecule is Cc1c(N)cc(C(=O)OC2CCS(=O)(=O)C2)cc1F. The van der Waals surface area contributed by atoms with Crippen molar-refractivity contribution in [1.29, 1.82) is 0 Å². The van der Waals surface area contributed by atoms with Crippen molar-refractivity contribution in [2.45, 2.75) is 19.4 Å². The van der Waals surface area contributed by atoms with Crippen LogP contribution >= 0.6 is 0 Å². The van der Waals surface area contributed by atoms with Gasteiger partial charge in [0, 0.05) is 11.3 Å². The number of anilines is 1. The minimum absolute atomic E-state index is 0.00927. The molecule has 7 heteroatoms. The van der Waals surface area contributed by atoms with Crippen molar-refractivity contribution < 1.29 is 22.3 Å². The summed E-state index contributed by atoms with van der Waals surface area (Å²) < 4.78 is 41.0. The molecule has 1 fully saturated rings. The molecule has 1 aromatic rings. The molecular formula is C12H14FNO4S. The van der Waals surface area contributed by atoms with E-state index in [1.807, 2.05) is 0 Å². The van der Waals surface area contributed by atoms with Crippen molar-refractivity contribution in [1.82, 2.24) is 0 Å². The number of nitrogen functional groups attached to an aromatic ring is 1. The highest BCUT2D eigenvalue weighted by Gasteiger charge is 2.31. The Morgan fingerprint density at radius 3 is 2.68 bits per heavy atom. The van der Waals surface area contributed by atoms with E-state index in [2.05, 4.69) is 0 Å². The standard InChI is InChI=1S/C12H14FNO4S/c1-7-10(13)4-8(5-11(7)14)12(15)18-9-2-3-19(16,17)6-9/h4-5,9H,2-3,6,14H2,1H3. The fourth-order valence-electron chi connectivity index (χ4n) is 1.89. The molecule has 0 aliphatic carbocycles. The molecule has 0 saturated carbocycles. The molecular weight excluding hydrogens is 273 g/mol. The third-order valence-corrected chi connectivity index (χ3v) is 4.82. The third-order valence-electron chi connectivity index (χ3n) is 3.08. The highest BCUT2D eigenvalue weighted by Crippen LogP contribution is 2.21. The van der Waals surface area contributed by atoms with E-state index >= 15 is 0 Å². The van der Waals surface area contributed by atoms with Crippen LogP contribution < -0.4 is 5.73 Å². The molecule has 0 aromatic heterocycles. The summed E-state index contributed by atoms with van der Waals surface area (Å²) in [6.45, 7) is 1.50. The van der Waals surface area contributed by atoms with E-state index < -0.39 is 27.7 Å². The first-order valence-electron chi connectivity index (χ1n) is 5.75. The molecule has 1 heterocycles. The maximum absolute atomic E-state index is 13.5. The summed E-state index contributed by atoms with van der Waals surface area (Å²) in [6, 6.07) is 2.36. The number of carbonyl (C=O) groups is 1. The molecule has 2 rings (SSSR count). The van der Waals surface area contributed by atoms with E-state index in [1.165, 1.54) is 13.0 Å².